The maximum Gasteiger partial charge on any atom is 0.202 e. The van der Waals surface area contributed by atoms with Crippen LogP contribution in [0.2, 0.25) is 0 Å². The minimum absolute atomic E-state index is 0.271. The average molecular weight is 212 g/mol. The van der Waals surface area contributed by atoms with E-state index < -0.39 is 0 Å². The van der Waals surface area contributed by atoms with E-state index in [0.717, 1.165) is 23.8 Å². The van der Waals surface area contributed by atoms with Gasteiger partial charge in [-0.15, -0.1) is 0 Å². The molecule has 4 nitrogen and oxygen atoms in total. The Hall–Kier alpha value is -0.680. The topological polar surface area (TPSA) is 63.8 Å². The average Bonchev–Trinajstić information content (AvgIpc) is 2.56. The van der Waals surface area contributed by atoms with Gasteiger partial charge in [-0.3, -0.25) is 0 Å². The normalized spacial score (nSPS) is 27.6. The van der Waals surface area contributed by atoms with Crippen LogP contribution in [0.1, 0.15) is 31.5 Å². The van der Waals surface area contributed by atoms with E-state index in [1.807, 2.05) is 6.92 Å². The summed E-state index contributed by atoms with van der Waals surface area (Å²) in [5.74, 6) is 0.835. The first kappa shape index (κ1) is 9.86. The van der Waals surface area contributed by atoms with Crippen molar-refractivity contribution >= 4 is 16.7 Å². The molecule has 0 unspecified atom stereocenters. The first-order valence-electron chi connectivity index (χ1n) is 5.08. The van der Waals surface area contributed by atoms with E-state index in [0.29, 0.717) is 6.04 Å². The summed E-state index contributed by atoms with van der Waals surface area (Å²) in [5, 5.41) is 4.28. The molecular formula is C9H16N4S. The van der Waals surface area contributed by atoms with Crippen molar-refractivity contribution in [1.82, 2.24) is 9.36 Å². The molecule has 0 aromatic carbocycles. The number of hydrogen-bond donors (Lipinski definition) is 2. The molecule has 2 rings (SSSR count). The molecule has 1 aromatic rings. The lowest BCUT2D eigenvalue weighted by Gasteiger charge is -2.28. The minimum atomic E-state index is 0.271. The molecule has 1 aliphatic rings. The number of nitrogens with zero attached hydrogens (tertiary/aromatic N) is 2. The number of hydrogen-bond acceptors (Lipinski definition) is 5. The molecule has 0 saturated heterocycles. The molecular weight excluding hydrogens is 196 g/mol. The van der Waals surface area contributed by atoms with Gasteiger partial charge in [-0.1, -0.05) is 12.8 Å². The van der Waals surface area contributed by atoms with E-state index in [9.17, 15) is 0 Å². The predicted octanol–water partition coefficient (Wildman–Crippen LogP) is 1.53. The van der Waals surface area contributed by atoms with Crippen LogP contribution in [0.3, 0.4) is 0 Å². The zero-order valence-corrected chi connectivity index (χ0v) is 9.18. The Balaban J connectivity index is 1.95. The van der Waals surface area contributed by atoms with Crippen LogP contribution in [0.25, 0.3) is 0 Å². The van der Waals surface area contributed by atoms with Crippen molar-refractivity contribution in [3.05, 3.63) is 5.82 Å². The van der Waals surface area contributed by atoms with Crippen molar-refractivity contribution in [3.8, 4) is 0 Å². The number of nitrogens with one attached hydrogen (secondary N) is 1. The van der Waals surface area contributed by atoms with Crippen LogP contribution in [-0.4, -0.2) is 21.4 Å². The van der Waals surface area contributed by atoms with E-state index in [2.05, 4.69) is 14.7 Å². The minimum Gasteiger partial charge on any atom is -0.356 e. The highest BCUT2D eigenvalue weighted by molar-refractivity contribution is 7.09. The molecule has 2 atom stereocenters. The van der Waals surface area contributed by atoms with E-state index in [-0.39, 0.29) is 6.04 Å². The molecule has 1 saturated carbocycles. The molecule has 0 spiro atoms. The highest BCUT2D eigenvalue weighted by Crippen LogP contribution is 2.21. The molecule has 0 aliphatic heterocycles. The van der Waals surface area contributed by atoms with Crippen molar-refractivity contribution in [2.45, 2.75) is 44.7 Å². The first-order chi connectivity index (χ1) is 6.75. The quantitative estimate of drug-likeness (QED) is 0.780. The lowest BCUT2D eigenvalue weighted by Crippen LogP contribution is -2.42. The van der Waals surface area contributed by atoms with Crippen LogP contribution in [0.15, 0.2) is 0 Å². The van der Waals surface area contributed by atoms with Crippen molar-refractivity contribution in [2.75, 3.05) is 5.32 Å². The highest BCUT2D eigenvalue weighted by Gasteiger charge is 2.22. The lowest BCUT2D eigenvalue weighted by molar-refractivity contribution is 0.404. The standard InChI is InChI=1S/C9H16N4S/c1-6-11-9(14-13-6)12-8-5-3-2-4-7(8)10/h7-8H,2-5,10H2,1H3,(H,11,12,13)/t7-,8-/m1/s1. The second kappa shape index (κ2) is 4.23. The van der Waals surface area contributed by atoms with Gasteiger partial charge in [-0.05, 0) is 19.8 Å². The van der Waals surface area contributed by atoms with Gasteiger partial charge in [0.05, 0.1) is 0 Å². The summed E-state index contributed by atoms with van der Waals surface area (Å²) in [6.07, 6.45) is 4.80. The third kappa shape index (κ3) is 2.22. The summed E-state index contributed by atoms with van der Waals surface area (Å²) >= 11 is 1.42. The number of aromatic nitrogens is 2. The maximum absolute atomic E-state index is 6.03. The largest absolute Gasteiger partial charge is 0.356 e. The van der Waals surface area contributed by atoms with E-state index in [4.69, 9.17) is 5.73 Å². The van der Waals surface area contributed by atoms with Gasteiger partial charge in [0.1, 0.15) is 5.82 Å². The Morgan fingerprint density at radius 1 is 1.43 bits per heavy atom. The zero-order chi connectivity index (χ0) is 9.97. The van der Waals surface area contributed by atoms with Gasteiger partial charge in [0.15, 0.2) is 0 Å². The molecule has 14 heavy (non-hydrogen) atoms. The summed E-state index contributed by atoms with van der Waals surface area (Å²) < 4.78 is 4.13. The van der Waals surface area contributed by atoms with Crippen LogP contribution in [0.5, 0.6) is 0 Å². The lowest BCUT2D eigenvalue weighted by atomic mass is 9.91. The van der Waals surface area contributed by atoms with Gasteiger partial charge in [-0.2, -0.15) is 4.37 Å². The fourth-order valence-electron chi connectivity index (χ4n) is 1.85. The van der Waals surface area contributed by atoms with Crippen LogP contribution >= 0.6 is 11.5 Å². The predicted molar refractivity (Wildman–Crippen MR) is 58.5 cm³/mol. The summed E-state index contributed by atoms with van der Waals surface area (Å²) in [4.78, 5) is 4.28. The molecule has 1 heterocycles. The number of anilines is 1. The SMILES string of the molecule is Cc1nsc(N[C@@H]2CCCC[C@H]2N)n1. The second-order valence-electron chi connectivity index (χ2n) is 3.85. The Kier molecular flexibility index (Phi) is 2.98. The summed E-state index contributed by atoms with van der Waals surface area (Å²) in [6.45, 7) is 1.91. The van der Waals surface area contributed by atoms with E-state index >= 15 is 0 Å². The molecule has 3 N–H and O–H groups in total. The summed E-state index contributed by atoms with van der Waals surface area (Å²) in [7, 11) is 0. The Morgan fingerprint density at radius 3 is 2.86 bits per heavy atom. The zero-order valence-electron chi connectivity index (χ0n) is 8.36. The van der Waals surface area contributed by atoms with Crippen LogP contribution in [-0.2, 0) is 0 Å². The Morgan fingerprint density at radius 2 is 2.21 bits per heavy atom. The Labute approximate surface area is 88.1 Å². The number of nitrogens with two attached hydrogens (primary N) is 1. The maximum atomic E-state index is 6.03. The van der Waals surface area contributed by atoms with Crippen LogP contribution < -0.4 is 11.1 Å². The van der Waals surface area contributed by atoms with E-state index in [1.165, 1.54) is 24.4 Å². The molecule has 1 aromatic heterocycles. The van der Waals surface area contributed by atoms with Gasteiger partial charge >= 0.3 is 0 Å². The second-order valence-corrected chi connectivity index (χ2v) is 4.60. The number of rotatable bonds is 2. The summed E-state index contributed by atoms with van der Waals surface area (Å²) in [5.41, 5.74) is 6.03. The highest BCUT2D eigenvalue weighted by atomic mass is 32.1. The molecule has 0 bridgehead atoms. The fourth-order valence-corrected chi connectivity index (χ4v) is 2.49. The monoisotopic (exact) mass is 212 g/mol. The third-order valence-electron chi connectivity index (χ3n) is 2.66. The van der Waals surface area contributed by atoms with Gasteiger partial charge < -0.3 is 11.1 Å². The van der Waals surface area contributed by atoms with Crippen LogP contribution in [0, 0.1) is 6.92 Å². The van der Waals surface area contributed by atoms with Gasteiger partial charge in [0.25, 0.3) is 0 Å². The van der Waals surface area contributed by atoms with Crippen molar-refractivity contribution in [1.29, 1.82) is 0 Å². The fraction of sp³-hybridized carbons (Fsp3) is 0.778. The van der Waals surface area contributed by atoms with Gasteiger partial charge in [-0.25, -0.2) is 4.98 Å². The Bertz CT molecular complexity index is 299. The summed E-state index contributed by atoms with van der Waals surface area (Å²) in [6, 6.07) is 0.657. The van der Waals surface area contributed by atoms with Crippen molar-refractivity contribution in [2.24, 2.45) is 5.73 Å². The van der Waals surface area contributed by atoms with Crippen LogP contribution in [0.4, 0.5) is 5.13 Å². The third-order valence-corrected chi connectivity index (χ3v) is 3.39. The van der Waals surface area contributed by atoms with Gasteiger partial charge in [0.2, 0.25) is 5.13 Å². The molecule has 1 fully saturated rings. The molecule has 1 aliphatic carbocycles. The smallest absolute Gasteiger partial charge is 0.202 e. The first-order valence-corrected chi connectivity index (χ1v) is 5.85. The van der Waals surface area contributed by atoms with Crippen molar-refractivity contribution in [3.63, 3.8) is 0 Å². The van der Waals surface area contributed by atoms with Crippen molar-refractivity contribution < 1.29 is 0 Å². The molecule has 78 valence electrons. The molecule has 0 radical (unpaired) electrons. The molecule has 5 heteroatoms. The van der Waals surface area contributed by atoms with E-state index in [1.54, 1.807) is 0 Å². The van der Waals surface area contributed by atoms with Gasteiger partial charge in [0, 0.05) is 23.6 Å². The number of aryl methyl sites for hydroxylation is 1. The molecule has 0 amide bonds.